The Morgan fingerprint density at radius 1 is 1.41 bits per heavy atom. The maximum absolute atomic E-state index is 12.1. The van der Waals surface area contributed by atoms with Crippen LogP contribution in [0, 0.1) is 0 Å². The smallest absolute Gasteiger partial charge is 0.322 e. The van der Waals surface area contributed by atoms with Crippen LogP contribution in [0.3, 0.4) is 0 Å². The van der Waals surface area contributed by atoms with Gasteiger partial charge in [0.25, 0.3) is 0 Å². The minimum absolute atomic E-state index is 0.106. The van der Waals surface area contributed by atoms with Crippen LogP contribution in [0.4, 0.5) is 16.2 Å². The third-order valence-electron chi connectivity index (χ3n) is 2.23. The molecule has 0 atom stereocenters. The lowest BCUT2D eigenvalue weighted by atomic mass is 10.1. The van der Waals surface area contributed by atoms with Gasteiger partial charge < -0.3 is 11.1 Å². The van der Waals surface area contributed by atoms with E-state index < -0.39 is 0 Å². The number of urea groups is 1. The largest absolute Gasteiger partial charge is 0.399 e. The van der Waals surface area contributed by atoms with E-state index in [0.717, 1.165) is 5.69 Å². The van der Waals surface area contributed by atoms with Crippen LogP contribution in [-0.4, -0.2) is 18.1 Å². The molecule has 4 nitrogen and oxygen atoms in total. The number of nitrogens with zero attached hydrogens (tertiary/aromatic N) is 1. The topological polar surface area (TPSA) is 58.4 Å². The van der Waals surface area contributed by atoms with Crippen molar-refractivity contribution < 1.29 is 4.79 Å². The average molecular weight is 235 g/mol. The molecular formula is C13H21N3O. The van der Waals surface area contributed by atoms with Crippen LogP contribution in [0.1, 0.15) is 27.7 Å². The van der Waals surface area contributed by atoms with Gasteiger partial charge in [0, 0.05) is 23.5 Å². The van der Waals surface area contributed by atoms with Crippen LogP contribution in [0.5, 0.6) is 0 Å². The first-order chi connectivity index (χ1) is 7.83. The van der Waals surface area contributed by atoms with Gasteiger partial charge in [0.15, 0.2) is 0 Å². The molecule has 0 spiro atoms. The third-order valence-corrected chi connectivity index (χ3v) is 2.23. The standard InChI is InChI=1S/C13H21N3O/c1-5-16(12(17)15-13(2,3)4)11-8-6-7-10(14)9-11/h6-9H,5,14H2,1-4H3,(H,15,17). The van der Waals surface area contributed by atoms with Crippen molar-refractivity contribution in [3.63, 3.8) is 0 Å². The van der Waals surface area contributed by atoms with Crippen molar-refractivity contribution >= 4 is 17.4 Å². The van der Waals surface area contributed by atoms with Crippen molar-refractivity contribution in [1.82, 2.24) is 5.32 Å². The van der Waals surface area contributed by atoms with Gasteiger partial charge in [-0.1, -0.05) is 6.07 Å². The van der Waals surface area contributed by atoms with E-state index in [1.807, 2.05) is 39.8 Å². The normalized spacial score (nSPS) is 11.1. The maximum Gasteiger partial charge on any atom is 0.322 e. The van der Waals surface area contributed by atoms with Crippen molar-refractivity contribution in [3.8, 4) is 0 Å². The van der Waals surface area contributed by atoms with Crippen LogP contribution >= 0.6 is 0 Å². The fourth-order valence-corrected chi connectivity index (χ4v) is 1.52. The molecule has 1 aromatic carbocycles. The first-order valence-corrected chi connectivity index (χ1v) is 5.78. The molecule has 2 amide bonds. The van der Waals surface area contributed by atoms with Crippen LogP contribution in [0.15, 0.2) is 24.3 Å². The highest BCUT2D eigenvalue weighted by molar-refractivity contribution is 5.92. The number of rotatable bonds is 2. The van der Waals surface area contributed by atoms with E-state index in [4.69, 9.17) is 5.73 Å². The fraction of sp³-hybridized carbons (Fsp3) is 0.462. The summed E-state index contributed by atoms with van der Waals surface area (Å²) in [5.74, 6) is 0. The molecule has 4 heteroatoms. The minimum atomic E-state index is -0.245. The first kappa shape index (κ1) is 13.4. The minimum Gasteiger partial charge on any atom is -0.399 e. The average Bonchev–Trinajstić information content (AvgIpc) is 2.15. The number of carbonyl (C=O) groups excluding carboxylic acids is 1. The van der Waals surface area contributed by atoms with E-state index in [-0.39, 0.29) is 11.6 Å². The molecule has 0 fully saturated rings. The first-order valence-electron chi connectivity index (χ1n) is 5.78. The monoisotopic (exact) mass is 235 g/mol. The molecule has 3 N–H and O–H groups in total. The fourth-order valence-electron chi connectivity index (χ4n) is 1.52. The predicted molar refractivity (Wildman–Crippen MR) is 72.2 cm³/mol. The Balaban J connectivity index is 2.88. The molecule has 0 heterocycles. The van der Waals surface area contributed by atoms with Gasteiger partial charge in [0.05, 0.1) is 0 Å². The molecule has 0 aromatic heterocycles. The second-order valence-corrected chi connectivity index (χ2v) is 5.02. The zero-order valence-corrected chi connectivity index (χ0v) is 10.9. The van der Waals surface area contributed by atoms with Crippen molar-refractivity contribution in [2.24, 2.45) is 0 Å². The van der Waals surface area contributed by atoms with Crippen molar-refractivity contribution in [2.75, 3.05) is 17.2 Å². The molecule has 17 heavy (non-hydrogen) atoms. The SMILES string of the molecule is CCN(C(=O)NC(C)(C)C)c1cccc(N)c1. The number of anilines is 2. The molecule has 0 saturated carbocycles. The number of benzene rings is 1. The van der Waals surface area contributed by atoms with Crippen molar-refractivity contribution in [3.05, 3.63) is 24.3 Å². The molecule has 0 bridgehead atoms. The Morgan fingerprint density at radius 2 is 2.06 bits per heavy atom. The zero-order chi connectivity index (χ0) is 13.1. The summed E-state index contributed by atoms with van der Waals surface area (Å²) in [4.78, 5) is 13.7. The summed E-state index contributed by atoms with van der Waals surface area (Å²) in [7, 11) is 0. The number of carbonyl (C=O) groups is 1. The third kappa shape index (κ3) is 3.98. The van der Waals surface area contributed by atoms with Crippen molar-refractivity contribution in [1.29, 1.82) is 0 Å². The highest BCUT2D eigenvalue weighted by Crippen LogP contribution is 2.18. The Hall–Kier alpha value is -1.71. The lowest BCUT2D eigenvalue weighted by molar-refractivity contribution is 0.238. The summed E-state index contributed by atoms with van der Waals surface area (Å²) in [6.07, 6.45) is 0. The highest BCUT2D eigenvalue weighted by atomic mass is 16.2. The number of nitrogen functional groups attached to an aromatic ring is 1. The van der Waals surface area contributed by atoms with Gasteiger partial charge in [0.2, 0.25) is 0 Å². The highest BCUT2D eigenvalue weighted by Gasteiger charge is 2.19. The summed E-state index contributed by atoms with van der Waals surface area (Å²) >= 11 is 0. The predicted octanol–water partition coefficient (Wildman–Crippen LogP) is 2.60. The van der Waals surface area contributed by atoms with Crippen molar-refractivity contribution in [2.45, 2.75) is 33.2 Å². The van der Waals surface area contributed by atoms with E-state index in [0.29, 0.717) is 12.2 Å². The number of nitrogens with two attached hydrogens (primary N) is 1. The Morgan fingerprint density at radius 3 is 2.53 bits per heavy atom. The van der Waals surface area contributed by atoms with E-state index in [1.165, 1.54) is 0 Å². The van der Waals surface area contributed by atoms with Gasteiger partial charge >= 0.3 is 6.03 Å². The van der Waals surface area contributed by atoms with E-state index >= 15 is 0 Å². The van der Waals surface area contributed by atoms with E-state index in [1.54, 1.807) is 17.0 Å². The van der Waals surface area contributed by atoms with E-state index in [9.17, 15) is 4.79 Å². The second-order valence-electron chi connectivity index (χ2n) is 5.02. The quantitative estimate of drug-likeness (QED) is 0.774. The number of amides is 2. The molecule has 0 aliphatic rings. The van der Waals surface area contributed by atoms with Gasteiger partial charge in [-0.3, -0.25) is 4.90 Å². The molecule has 0 saturated heterocycles. The summed E-state index contributed by atoms with van der Waals surface area (Å²) in [6, 6.07) is 7.22. The van der Waals surface area contributed by atoms with Gasteiger partial charge in [-0.25, -0.2) is 4.79 Å². The van der Waals surface area contributed by atoms with Crippen LogP contribution in [0.2, 0.25) is 0 Å². The summed E-state index contributed by atoms with van der Waals surface area (Å²) < 4.78 is 0. The van der Waals surface area contributed by atoms with Gasteiger partial charge in [0.1, 0.15) is 0 Å². The Labute approximate surface area is 103 Å². The molecule has 1 aromatic rings. The number of hydrogen-bond donors (Lipinski definition) is 2. The van der Waals surface area contributed by atoms with Gasteiger partial charge in [-0.15, -0.1) is 0 Å². The molecule has 0 aliphatic carbocycles. The van der Waals surface area contributed by atoms with Crippen LogP contribution in [-0.2, 0) is 0 Å². The lowest BCUT2D eigenvalue weighted by Gasteiger charge is -2.27. The Kier molecular flexibility index (Phi) is 3.99. The molecule has 0 unspecified atom stereocenters. The summed E-state index contributed by atoms with van der Waals surface area (Å²) in [6.45, 7) is 8.41. The number of hydrogen-bond acceptors (Lipinski definition) is 2. The second kappa shape index (κ2) is 5.08. The zero-order valence-electron chi connectivity index (χ0n) is 10.9. The summed E-state index contributed by atoms with van der Waals surface area (Å²) in [5, 5.41) is 2.93. The van der Waals surface area contributed by atoms with Gasteiger partial charge in [-0.05, 0) is 45.9 Å². The number of nitrogens with one attached hydrogen (secondary N) is 1. The lowest BCUT2D eigenvalue weighted by Crippen LogP contribution is -2.48. The molecular weight excluding hydrogens is 214 g/mol. The van der Waals surface area contributed by atoms with Crippen LogP contribution in [0.25, 0.3) is 0 Å². The molecule has 94 valence electrons. The van der Waals surface area contributed by atoms with Gasteiger partial charge in [-0.2, -0.15) is 0 Å². The molecule has 0 radical (unpaired) electrons. The van der Waals surface area contributed by atoms with E-state index in [2.05, 4.69) is 5.32 Å². The molecule has 0 aliphatic heterocycles. The Bertz CT molecular complexity index is 396. The van der Waals surface area contributed by atoms with Crippen LogP contribution < -0.4 is 16.0 Å². The summed E-state index contributed by atoms with van der Waals surface area (Å²) in [5.41, 5.74) is 6.95. The molecule has 1 rings (SSSR count). The maximum atomic E-state index is 12.1.